The van der Waals surface area contributed by atoms with Gasteiger partial charge in [-0.25, -0.2) is 4.98 Å². The lowest BCUT2D eigenvalue weighted by Gasteiger charge is -2.13. The molecule has 1 aliphatic heterocycles. The van der Waals surface area contributed by atoms with Gasteiger partial charge in [-0.3, -0.25) is 0 Å². The Labute approximate surface area is 65.3 Å². The van der Waals surface area contributed by atoms with Crippen molar-refractivity contribution in [3.63, 3.8) is 0 Å². The van der Waals surface area contributed by atoms with Gasteiger partial charge in [0.25, 0.3) is 0 Å². The largest absolute Gasteiger partial charge is 0.377 e. The van der Waals surface area contributed by atoms with Crippen LogP contribution in [0.3, 0.4) is 0 Å². The summed E-state index contributed by atoms with van der Waals surface area (Å²) in [5.74, 6) is 0. The summed E-state index contributed by atoms with van der Waals surface area (Å²) in [6.45, 7) is 1.55. The highest BCUT2D eigenvalue weighted by Crippen LogP contribution is 2.12. The molecular formula is C8H10N2O. The zero-order chi connectivity index (χ0) is 7.52. The lowest BCUT2D eigenvalue weighted by atomic mass is 10.2. The molecule has 58 valence electrons. The maximum absolute atomic E-state index is 5.19. The van der Waals surface area contributed by atoms with E-state index < -0.39 is 0 Å². The van der Waals surface area contributed by atoms with Crippen molar-refractivity contribution in [2.45, 2.75) is 6.42 Å². The topological polar surface area (TPSA) is 27.1 Å². The molecule has 0 bridgehead atoms. The van der Waals surface area contributed by atoms with Gasteiger partial charge in [0, 0.05) is 24.5 Å². The molecular weight excluding hydrogens is 140 g/mol. The lowest BCUT2D eigenvalue weighted by Crippen LogP contribution is -2.07. The molecule has 0 radical (unpaired) electrons. The summed E-state index contributed by atoms with van der Waals surface area (Å²) in [5, 5.41) is 0. The molecule has 0 saturated carbocycles. The Morgan fingerprint density at radius 3 is 3.18 bits per heavy atom. The van der Waals surface area contributed by atoms with Crippen molar-refractivity contribution >= 4 is 5.70 Å². The average Bonchev–Trinajstić information content (AvgIpc) is 2.58. The van der Waals surface area contributed by atoms with Gasteiger partial charge in [-0.2, -0.15) is 0 Å². The molecule has 3 nitrogen and oxygen atoms in total. The Balaban J connectivity index is 2.22. The van der Waals surface area contributed by atoms with E-state index in [-0.39, 0.29) is 0 Å². The highest BCUT2D eigenvalue weighted by atomic mass is 16.5. The van der Waals surface area contributed by atoms with E-state index in [2.05, 4.69) is 11.1 Å². The monoisotopic (exact) mass is 150 g/mol. The molecule has 3 heteroatoms. The maximum Gasteiger partial charge on any atom is 0.0989 e. The van der Waals surface area contributed by atoms with Crippen molar-refractivity contribution in [3.05, 3.63) is 24.8 Å². The van der Waals surface area contributed by atoms with Gasteiger partial charge in [0.15, 0.2) is 0 Å². The smallest absolute Gasteiger partial charge is 0.0989 e. The van der Waals surface area contributed by atoms with Gasteiger partial charge in [0.2, 0.25) is 0 Å². The highest BCUT2D eigenvalue weighted by Gasteiger charge is 2.03. The fourth-order valence-corrected chi connectivity index (χ4v) is 1.18. The normalized spacial score (nSPS) is 18.0. The van der Waals surface area contributed by atoms with Crippen LogP contribution in [0, 0.1) is 0 Å². The van der Waals surface area contributed by atoms with Crippen LogP contribution >= 0.6 is 0 Å². The van der Waals surface area contributed by atoms with Crippen molar-refractivity contribution in [3.8, 4) is 0 Å². The van der Waals surface area contributed by atoms with Crippen molar-refractivity contribution in [2.24, 2.45) is 0 Å². The van der Waals surface area contributed by atoms with Gasteiger partial charge >= 0.3 is 0 Å². The molecule has 1 aromatic rings. The molecule has 0 spiro atoms. The van der Waals surface area contributed by atoms with Gasteiger partial charge in [-0.05, 0) is 6.08 Å². The number of hydrogen-bond acceptors (Lipinski definition) is 2. The van der Waals surface area contributed by atoms with Gasteiger partial charge in [0.05, 0.1) is 19.5 Å². The summed E-state index contributed by atoms with van der Waals surface area (Å²) in [6.07, 6.45) is 8.63. The van der Waals surface area contributed by atoms with Crippen LogP contribution in [0.4, 0.5) is 0 Å². The Morgan fingerprint density at radius 2 is 2.55 bits per heavy atom. The van der Waals surface area contributed by atoms with E-state index in [1.165, 1.54) is 5.70 Å². The SMILES string of the molecule is C1=C(n2ccnc2)CCOC1. The van der Waals surface area contributed by atoms with E-state index in [0.29, 0.717) is 0 Å². The number of ether oxygens (including phenoxy) is 1. The maximum atomic E-state index is 5.19. The van der Waals surface area contributed by atoms with Crippen LogP contribution in [-0.2, 0) is 4.74 Å². The number of aromatic nitrogens is 2. The molecule has 0 saturated heterocycles. The summed E-state index contributed by atoms with van der Waals surface area (Å²) in [6, 6.07) is 0. The van der Waals surface area contributed by atoms with E-state index in [1.54, 1.807) is 6.20 Å². The Hall–Kier alpha value is -1.09. The fraction of sp³-hybridized carbons (Fsp3) is 0.375. The minimum atomic E-state index is 0.730. The third-order valence-corrected chi connectivity index (χ3v) is 1.78. The van der Waals surface area contributed by atoms with E-state index in [1.807, 2.05) is 17.1 Å². The van der Waals surface area contributed by atoms with Crippen LogP contribution < -0.4 is 0 Å². The predicted molar refractivity (Wildman–Crippen MR) is 41.9 cm³/mol. The van der Waals surface area contributed by atoms with Crippen LogP contribution in [0.2, 0.25) is 0 Å². The third-order valence-electron chi connectivity index (χ3n) is 1.78. The number of rotatable bonds is 1. The molecule has 0 atom stereocenters. The van der Waals surface area contributed by atoms with Crippen LogP contribution in [0.25, 0.3) is 5.70 Å². The second-order valence-corrected chi connectivity index (χ2v) is 2.49. The quantitative estimate of drug-likeness (QED) is 0.600. The molecule has 0 aliphatic carbocycles. The van der Waals surface area contributed by atoms with Gasteiger partial charge in [0.1, 0.15) is 0 Å². The average molecular weight is 150 g/mol. The van der Waals surface area contributed by atoms with Gasteiger partial charge in [-0.1, -0.05) is 0 Å². The first-order chi connectivity index (χ1) is 5.47. The van der Waals surface area contributed by atoms with Gasteiger partial charge in [-0.15, -0.1) is 0 Å². The van der Waals surface area contributed by atoms with E-state index in [0.717, 1.165) is 19.6 Å². The molecule has 0 amide bonds. The molecule has 2 rings (SSSR count). The van der Waals surface area contributed by atoms with E-state index in [9.17, 15) is 0 Å². The highest BCUT2D eigenvalue weighted by molar-refractivity contribution is 5.45. The number of hydrogen-bond donors (Lipinski definition) is 0. The van der Waals surface area contributed by atoms with Crippen molar-refractivity contribution < 1.29 is 4.74 Å². The standard InChI is InChI=1S/C8H10N2O/c1-5-11-6-2-8(1)10-4-3-9-7-10/h1,3-4,7H,2,5-6H2. The molecule has 1 aromatic heterocycles. The summed E-state index contributed by atoms with van der Waals surface area (Å²) >= 11 is 0. The zero-order valence-electron chi connectivity index (χ0n) is 6.23. The van der Waals surface area contributed by atoms with Crippen molar-refractivity contribution in [1.29, 1.82) is 0 Å². The Morgan fingerprint density at radius 1 is 1.55 bits per heavy atom. The first kappa shape index (κ1) is 6.61. The second-order valence-electron chi connectivity index (χ2n) is 2.49. The Kier molecular flexibility index (Phi) is 1.73. The fourth-order valence-electron chi connectivity index (χ4n) is 1.18. The van der Waals surface area contributed by atoms with Crippen LogP contribution in [-0.4, -0.2) is 22.8 Å². The molecule has 11 heavy (non-hydrogen) atoms. The summed E-state index contributed by atoms with van der Waals surface area (Å²) in [5.41, 5.74) is 1.29. The predicted octanol–water partition coefficient (Wildman–Crippen LogP) is 1.14. The summed E-state index contributed by atoms with van der Waals surface area (Å²) in [7, 11) is 0. The minimum absolute atomic E-state index is 0.730. The molecule has 1 aliphatic rings. The van der Waals surface area contributed by atoms with Crippen molar-refractivity contribution in [1.82, 2.24) is 9.55 Å². The molecule has 0 fully saturated rings. The first-order valence-electron chi connectivity index (χ1n) is 3.72. The first-order valence-corrected chi connectivity index (χ1v) is 3.72. The van der Waals surface area contributed by atoms with E-state index >= 15 is 0 Å². The minimum Gasteiger partial charge on any atom is -0.377 e. The molecule has 0 aromatic carbocycles. The van der Waals surface area contributed by atoms with Crippen LogP contribution in [0.5, 0.6) is 0 Å². The summed E-state index contributed by atoms with van der Waals surface area (Å²) < 4.78 is 7.22. The molecule has 2 heterocycles. The Bertz CT molecular complexity index is 251. The number of imidazole rings is 1. The van der Waals surface area contributed by atoms with Crippen molar-refractivity contribution in [2.75, 3.05) is 13.2 Å². The third kappa shape index (κ3) is 1.33. The second kappa shape index (κ2) is 2.88. The zero-order valence-corrected chi connectivity index (χ0v) is 6.23. The lowest BCUT2D eigenvalue weighted by molar-refractivity contribution is 0.159. The van der Waals surface area contributed by atoms with Crippen LogP contribution in [0.1, 0.15) is 6.42 Å². The molecule has 0 unspecified atom stereocenters. The van der Waals surface area contributed by atoms with Gasteiger partial charge < -0.3 is 9.30 Å². The number of nitrogens with zero attached hydrogens (tertiary/aromatic N) is 2. The summed E-state index contributed by atoms with van der Waals surface area (Å²) in [4.78, 5) is 3.98. The van der Waals surface area contributed by atoms with Crippen LogP contribution in [0.15, 0.2) is 24.8 Å². The molecule has 0 N–H and O–H groups in total. The van der Waals surface area contributed by atoms with E-state index in [4.69, 9.17) is 4.74 Å².